The van der Waals surface area contributed by atoms with E-state index in [-0.39, 0.29) is 11.1 Å². The summed E-state index contributed by atoms with van der Waals surface area (Å²) in [7, 11) is 0. The molecule has 0 atom stereocenters. The summed E-state index contributed by atoms with van der Waals surface area (Å²) in [4.78, 5) is 26.6. The fourth-order valence-corrected chi connectivity index (χ4v) is 3.57. The second-order valence-corrected chi connectivity index (χ2v) is 6.81. The van der Waals surface area contributed by atoms with Crippen molar-refractivity contribution < 1.29 is 0 Å². The second kappa shape index (κ2) is 7.20. The lowest BCUT2D eigenvalue weighted by Gasteiger charge is -2.05. The molecular formula is C24H21NO2. The summed E-state index contributed by atoms with van der Waals surface area (Å²) in [5, 5.41) is 2.69. The molecule has 4 aromatic rings. The first-order valence-electron chi connectivity index (χ1n) is 9.37. The predicted octanol–water partition coefficient (Wildman–Crippen LogP) is 4.85. The maximum atomic E-state index is 13.3. The Hall–Kier alpha value is -3.20. The van der Waals surface area contributed by atoms with Crippen molar-refractivity contribution in [2.24, 2.45) is 0 Å². The van der Waals surface area contributed by atoms with Crippen LogP contribution in [0.2, 0.25) is 0 Å². The van der Waals surface area contributed by atoms with Crippen molar-refractivity contribution in [1.82, 2.24) is 4.57 Å². The van der Waals surface area contributed by atoms with Gasteiger partial charge in [0.2, 0.25) is 0 Å². The van der Waals surface area contributed by atoms with E-state index >= 15 is 0 Å². The molecule has 0 fully saturated rings. The summed E-state index contributed by atoms with van der Waals surface area (Å²) < 4.78 is 1.30. The minimum absolute atomic E-state index is 0.284. The van der Waals surface area contributed by atoms with E-state index in [0.717, 1.165) is 30.0 Å². The minimum Gasteiger partial charge on any atom is -0.268 e. The Morgan fingerprint density at radius 2 is 1.15 bits per heavy atom. The van der Waals surface area contributed by atoms with E-state index in [1.165, 1.54) is 10.1 Å². The van der Waals surface area contributed by atoms with E-state index in [2.05, 4.69) is 6.92 Å². The maximum Gasteiger partial charge on any atom is 0.265 e. The third-order valence-corrected chi connectivity index (χ3v) is 5.02. The van der Waals surface area contributed by atoms with Crippen LogP contribution in [0.15, 0.2) is 82.4 Å². The van der Waals surface area contributed by atoms with E-state index < -0.39 is 0 Å². The van der Waals surface area contributed by atoms with Crippen LogP contribution in [-0.4, -0.2) is 4.57 Å². The third kappa shape index (κ3) is 3.06. The molecule has 0 radical (unpaired) electrons. The van der Waals surface area contributed by atoms with Gasteiger partial charge in [0.25, 0.3) is 11.1 Å². The average Bonchev–Trinajstić information content (AvgIpc) is 2.81. The van der Waals surface area contributed by atoms with Crippen LogP contribution in [0.5, 0.6) is 0 Å². The molecule has 4 rings (SSSR count). The average molecular weight is 355 g/mol. The first kappa shape index (κ1) is 17.2. The Balaban J connectivity index is 2.06. The van der Waals surface area contributed by atoms with E-state index in [0.29, 0.717) is 16.5 Å². The van der Waals surface area contributed by atoms with E-state index in [1.54, 1.807) is 12.1 Å². The second-order valence-electron chi connectivity index (χ2n) is 6.81. The van der Waals surface area contributed by atoms with Crippen molar-refractivity contribution >= 4 is 21.5 Å². The summed E-state index contributed by atoms with van der Waals surface area (Å²) in [5.74, 6) is 0. The Kier molecular flexibility index (Phi) is 4.59. The lowest BCUT2D eigenvalue weighted by molar-refractivity contribution is 0.794. The van der Waals surface area contributed by atoms with E-state index in [9.17, 15) is 9.59 Å². The highest BCUT2D eigenvalue weighted by Gasteiger charge is 2.12. The van der Waals surface area contributed by atoms with Crippen LogP contribution in [0.3, 0.4) is 0 Å². The molecule has 0 aliphatic rings. The third-order valence-electron chi connectivity index (χ3n) is 5.02. The summed E-state index contributed by atoms with van der Waals surface area (Å²) >= 11 is 0. The van der Waals surface area contributed by atoms with E-state index in [4.69, 9.17) is 0 Å². The quantitative estimate of drug-likeness (QED) is 0.525. The molecule has 1 aromatic heterocycles. The first-order valence-corrected chi connectivity index (χ1v) is 9.37. The van der Waals surface area contributed by atoms with Crippen LogP contribution in [0.25, 0.3) is 27.2 Å². The summed E-state index contributed by atoms with van der Waals surface area (Å²) in [6, 6.07) is 22.6. The van der Waals surface area contributed by atoms with Crippen molar-refractivity contribution in [3.63, 3.8) is 0 Å². The zero-order chi connectivity index (χ0) is 18.8. The molecule has 27 heavy (non-hydrogen) atoms. The van der Waals surface area contributed by atoms with E-state index in [1.807, 2.05) is 60.7 Å². The zero-order valence-corrected chi connectivity index (χ0v) is 15.3. The van der Waals surface area contributed by atoms with Gasteiger partial charge in [0.05, 0.1) is 5.69 Å². The summed E-state index contributed by atoms with van der Waals surface area (Å²) in [5.41, 5.74) is 1.26. The lowest BCUT2D eigenvalue weighted by atomic mass is 10.1. The lowest BCUT2D eigenvalue weighted by Crippen LogP contribution is -2.28. The molecule has 3 aromatic carbocycles. The molecule has 0 aliphatic heterocycles. The number of hydrogen-bond acceptors (Lipinski definition) is 2. The van der Waals surface area contributed by atoms with Crippen LogP contribution in [0.1, 0.15) is 25.3 Å². The van der Waals surface area contributed by atoms with Gasteiger partial charge in [0, 0.05) is 10.8 Å². The van der Waals surface area contributed by atoms with Crippen LogP contribution >= 0.6 is 0 Å². The van der Waals surface area contributed by atoms with Gasteiger partial charge in [-0.25, -0.2) is 4.57 Å². The number of hydrogen-bond donors (Lipinski definition) is 0. The van der Waals surface area contributed by atoms with Crippen molar-refractivity contribution in [2.75, 3.05) is 0 Å². The number of nitrogens with zero attached hydrogens (tertiary/aromatic N) is 1. The maximum absolute atomic E-state index is 13.3. The number of fused-ring (bicyclic) bond motifs is 3. The number of aromatic nitrogens is 1. The number of unbranched alkanes of at least 4 members (excludes halogenated alkanes) is 1. The molecular weight excluding hydrogens is 334 g/mol. The highest BCUT2D eigenvalue weighted by atomic mass is 16.2. The predicted molar refractivity (Wildman–Crippen MR) is 112 cm³/mol. The first-order chi connectivity index (χ1) is 13.2. The standard InChI is InChI=1S/C24H21NO2/c1-2-3-8-17-13-15-18(16-14-17)25-23(26)21-11-6-4-9-19(21)20-10-5-7-12-22(20)24(25)27/h4-7,9-16H,2-3,8H2,1H3. The molecule has 134 valence electrons. The van der Waals surface area contributed by atoms with Crippen molar-refractivity contribution in [2.45, 2.75) is 26.2 Å². The minimum atomic E-state index is -0.284. The molecule has 0 amide bonds. The van der Waals surface area contributed by atoms with Gasteiger partial charge in [0.1, 0.15) is 0 Å². The Bertz CT molecular complexity index is 1160. The fraction of sp³-hybridized carbons (Fsp3) is 0.167. The monoisotopic (exact) mass is 355 g/mol. The molecule has 0 spiro atoms. The fourth-order valence-electron chi connectivity index (χ4n) is 3.57. The largest absolute Gasteiger partial charge is 0.268 e. The Morgan fingerprint density at radius 3 is 1.63 bits per heavy atom. The van der Waals surface area contributed by atoms with Gasteiger partial charge in [-0.3, -0.25) is 9.59 Å². The molecule has 3 nitrogen and oxygen atoms in total. The highest BCUT2D eigenvalue weighted by molar-refractivity contribution is 6.05. The van der Waals surface area contributed by atoms with Crippen LogP contribution in [-0.2, 0) is 6.42 Å². The highest BCUT2D eigenvalue weighted by Crippen LogP contribution is 2.20. The Labute approximate surface area is 157 Å². The van der Waals surface area contributed by atoms with Gasteiger partial charge in [-0.2, -0.15) is 0 Å². The number of aryl methyl sites for hydroxylation is 1. The topological polar surface area (TPSA) is 39.1 Å². The summed E-state index contributed by atoms with van der Waals surface area (Å²) in [6.45, 7) is 2.16. The van der Waals surface area contributed by atoms with Crippen molar-refractivity contribution in [3.05, 3.63) is 99.1 Å². The Morgan fingerprint density at radius 1 is 0.667 bits per heavy atom. The molecule has 0 saturated carbocycles. The molecule has 0 saturated heterocycles. The van der Waals surface area contributed by atoms with Crippen molar-refractivity contribution in [1.29, 1.82) is 0 Å². The molecule has 0 unspecified atom stereocenters. The SMILES string of the molecule is CCCCc1ccc(-n2c(=O)c3ccccc3c3ccccc3c2=O)cc1. The molecule has 0 N–H and O–H groups in total. The zero-order valence-electron chi connectivity index (χ0n) is 15.3. The van der Waals surface area contributed by atoms with Gasteiger partial charge < -0.3 is 0 Å². The molecule has 0 aliphatic carbocycles. The number of benzene rings is 3. The molecule has 0 bridgehead atoms. The van der Waals surface area contributed by atoms with Gasteiger partial charge in [-0.15, -0.1) is 0 Å². The van der Waals surface area contributed by atoms with Crippen molar-refractivity contribution in [3.8, 4) is 5.69 Å². The molecule has 1 heterocycles. The van der Waals surface area contributed by atoms with Crippen LogP contribution < -0.4 is 11.1 Å². The normalized spacial score (nSPS) is 11.1. The van der Waals surface area contributed by atoms with Crippen LogP contribution in [0, 0.1) is 0 Å². The summed E-state index contributed by atoms with van der Waals surface area (Å²) in [6.07, 6.45) is 3.27. The number of rotatable bonds is 4. The van der Waals surface area contributed by atoms with Gasteiger partial charge in [-0.05, 0) is 53.4 Å². The van der Waals surface area contributed by atoms with Crippen LogP contribution in [0.4, 0.5) is 0 Å². The smallest absolute Gasteiger partial charge is 0.265 e. The van der Waals surface area contributed by atoms with Gasteiger partial charge >= 0.3 is 0 Å². The van der Waals surface area contributed by atoms with Gasteiger partial charge in [0.15, 0.2) is 0 Å². The van der Waals surface area contributed by atoms with Gasteiger partial charge in [-0.1, -0.05) is 61.9 Å². The molecule has 3 heteroatoms.